The van der Waals surface area contributed by atoms with Crippen molar-refractivity contribution >= 4 is 0 Å². The van der Waals surface area contributed by atoms with E-state index >= 15 is 0 Å². The van der Waals surface area contributed by atoms with E-state index in [0.29, 0.717) is 13.2 Å². The molecule has 0 aromatic rings. The van der Waals surface area contributed by atoms with Crippen LogP contribution in [0.5, 0.6) is 0 Å². The Bertz CT molecular complexity index is 283. The van der Waals surface area contributed by atoms with Gasteiger partial charge in [0, 0.05) is 13.8 Å². The summed E-state index contributed by atoms with van der Waals surface area (Å²) < 4.78 is 12.0. The maximum Gasteiger partial charge on any atom is 0.224 e. The van der Waals surface area contributed by atoms with E-state index in [0.717, 1.165) is 16.0 Å². The molecule has 1 saturated heterocycles. The molecule has 0 amide bonds. The summed E-state index contributed by atoms with van der Waals surface area (Å²) in [5.41, 5.74) is 2.46. The number of rotatable bonds is 0. The minimum absolute atomic E-state index is 0.670. The van der Waals surface area contributed by atoms with E-state index in [2.05, 4.69) is 27.9 Å². The average Bonchev–Trinajstić information content (AvgIpc) is 2.30. The summed E-state index contributed by atoms with van der Waals surface area (Å²) in [4.78, 5) is 0. The van der Waals surface area contributed by atoms with E-state index in [-0.39, 0.29) is 0 Å². The van der Waals surface area contributed by atoms with Gasteiger partial charge in [-0.2, -0.15) is 0 Å². The van der Waals surface area contributed by atoms with E-state index < -0.39 is 0 Å². The van der Waals surface area contributed by atoms with Gasteiger partial charge >= 0.3 is 0 Å². The van der Waals surface area contributed by atoms with Crippen molar-refractivity contribution in [1.82, 2.24) is 0 Å². The highest BCUT2D eigenvalue weighted by atomic mass is 16.6. The minimum Gasteiger partial charge on any atom is -0.481 e. The molecule has 2 aliphatic rings. The van der Waals surface area contributed by atoms with Crippen LogP contribution < -0.4 is 0 Å². The molecule has 13 heavy (non-hydrogen) atoms. The smallest absolute Gasteiger partial charge is 0.224 e. The second-order valence-corrected chi connectivity index (χ2v) is 3.98. The van der Waals surface area contributed by atoms with E-state index in [4.69, 9.17) is 9.47 Å². The van der Waals surface area contributed by atoms with Gasteiger partial charge in [-0.3, -0.25) is 4.48 Å². The molecular weight excluding hydrogens is 166 g/mol. The molecule has 0 N–H and O–H groups in total. The van der Waals surface area contributed by atoms with Crippen LogP contribution in [0.2, 0.25) is 0 Å². The molecule has 0 aromatic carbocycles. The number of allylic oxidation sites excluding steroid dienone is 2. The average molecular weight is 182 g/mol. The maximum absolute atomic E-state index is 5.60. The van der Waals surface area contributed by atoms with Crippen LogP contribution in [0, 0.1) is 0 Å². The molecular formula is C10H16NO2+. The van der Waals surface area contributed by atoms with E-state index in [9.17, 15) is 0 Å². The third-order valence-electron chi connectivity index (χ3n) is 3.12. The Morgan fingerprint density at radius 2 is 1.31 bits per heavy atom. The van der Waals surface area contributed by atoms with Crippen LogP contribution in [0.15, 0.2) is 22.9 Å². The first kappa shape index (κ1) is 8.63. The number of ether oxygens (including phenoxy) is 2. The number of hydrogen-bond acceptors (Lipinski definition) is 2. The predicted octanol–water partition coefficient (Wildman–Crippen LogP) is 1.59. The van der Waals surface area contributed by atoms with Crippen molar-refractivity contribution < 1.29 is 14.0 Å². The third-order valence-corrected chi connectivity index (χ3v) is 3.12. The van der Waals surface area contributed by atoms with Gasteiger partial charge in [-0.05, 0) is 0 Å². The Morgan fingerprint density at radius 3 is 1.69 bits per heavy atom. The lowest BCUT2D eigenvalue weighted by Crippen LogP contribution is -2.33. The minimum atomic E-state index is 0.670. The highest BCUT2D eigenvalue weighted by molar-refractivity contribution is 5.31. The molecule has 0 spiro atoms. The summed E-state index contributed by atoms with van der Waals surface area (Å²) in [7, 11) is 4.30. The lowest BCUT2D eigenvalue weighted by Gasteiger charge is -2.25. The van der Waals surface area contributed by atoms with Crippen LogP contribution in [0.25, 0.3) is 0 Å². The Labute approximate surface area is 78.8 Å². The summed E-state index contributed by atoms with van der Waals surface area (Å²) >= 11 is 0. The van der Waals surface area contributed by atoms with E-state index in [1.165, 1.54) is 11.4 Å². The fraction of sp³-hybridized carbons (Fsp3) is 0.600. The maximum atomic E-state index is 5.60. The molecule has 72 valence electrons. The summed E-state index contributed by atoms with van der Waals surface area (Å²) in [5, 5.41) is 0. The Morgan fingerprint density at radius 1 is 0.923 bits per heavy atom. The molecule has 0 unspecified atom stereocenters. The molecule has 3 nitrogen and oxygen atoms in total. The van der Waals surface area contributed by atoms with Crippen molar-refractivity contribution in [2.24, 2.45) is 0 Å². The van der Waals surface area contributed by atoms with Gasteiger partial charge in [0.1, 0.15) is 13.2 Å². The second kappa shape index (κ2) is 2.51. The highest BCUT2D eigenvalue weighted by Gasteiger charge is 2.41. The first-order valence-electron chi connectivity index (χ1n) is 4.58. The monoisotopic (exact) mass is 182 g/mol. The quantitative estimate of drug-likeness (QED) is 0.530. The lowest BCUT2D eigenvalue weighted by molar-refractivity contribution is -0.811. The molecule has 2 heterocycles. The molecule has 2 rings (SSSR count). The zero-order chi connectivity index (χ0) is 9.64. The van der Waals surface area contributed by atoms with Gasteiger partial charge in [-0.25, -0.2) is 0 Å². The third kappa shape index (κ3) is 1.000. The number of hydrogen-bond donors (Lipinski definition) is 0. The molecule has 1 fully saturated rings. The van der Waals surface area contributed by atoms with Gasteiger partial charge in [0.15, 0.2) is 11.4 Å². The van der Waals surface area contributed by atoms with Crippen molar-refractivity contribution in [3.63, 3.8) is 0 Å². The topological polar surface area (TPSA) is 18.5 Å². The highest BCUT2D eigenvalue weighted by Crippen LogP contribution is 2.39. The first-order valence-corrected chi connectivity index (χ1v) is 4.58. The molecule has 0 atom stereocenters. The summed E-state index contributed by atoms with van der Waals surface area (Å²) in [6.45, 7) is 5.54. The standard InChI is InChI=1S/C10H16NO2/c1-7-9-10(13-6-5-12-9)8(2)11(7,3)4/h5-6H2,1-4H3/q+1. The predicted molar refractivity (Wildman–Crippen MR) is 49.4 cm³/mol. The summed E-state index contributed by atoms with van der Waals surface area (Å²) in [6.07, 6.45) is 0. The van der Waals surface area contributed by atoms with Gasteiger partial charge in [0.25, 0.3) is 0 Å². The van der Waals surface area contributed by atoms with E-state index in [1.807, 2.05) is 0 Å². The molecule has 0 saturated carbocycles. The van der Waals surface area contributed by atoms with Crippen LogP contribution in [-0.2, 0) is 9.47 Å². The fourth-order valence-corrected chi connectivity index (χ4v) is 1.72. The molecule has 0 aromatic heterocycles. The van der Waals surface area contributed by atoms with Gasteiger partial charge in [0.05, 0.1) is 14.1 Å². The van der Waals surface area contributed by atoms with E-state index in [1.54, 1.807) is 0 Å². The Balaban J connectivity index is 2.51. The second-order valence-electron chi connectivity index (χ2n) is 3.98. The molecule has 0 radical (unpaired) electrons. The van der Waals surface area contributed by atoms with Crippen molar-refractivity contribution in [3.05, 3.63) is 22.9 Å². The van der Waals surface area contributed by atoms with Crippen LogP contribution in [0.1, 0.15) is 13.8 Å². The van der Waals surface area contributed by atoms with Gasteiger partial charge < -0.3 is 9.47 Å². The zero-order valence-electron chi connectivity index (χ0n) is 8.68. The SMILES string of the molecule is CC1=C2OCCOC2=C(C)[N+]1(C)C. The van der Waals surface area contributed by atoms with Crippen molar-refractivity contribution in [1.29, 1.82) is 0 Å². The summed E-state index contributed by atoms with van der Waals surface area (Å²) in [5.74, 6) is 1.91. The normalized spacial score (nSPS) is 25.5. The molecule has 0 bridgehead atoms. The van der Waals surface area contributed by atoms with Gasteiger partial charge in [-0.15, -0.1) is 0 Å². The molecule has 2 aliphatic heterocycles. The van der Waals surface area contributed by atoms with Crippen molar-refractivity contribution in [3.8, 4) is 0 Å². The fourth-order valence-electron chi connectivity index (χ4n) is 1.72. The van der Waals surface area contributed by atoms with Gasteiger partial charge in [-0.1, -0.05) is 0 Å². The lowest BCUT2D eigenvalue weighted by atomic mass is 10.3. The number of fused-ring (bicyclic) bond motifs is 1. The Hall–Kier alpha value is -0.960. The summed E-state index contributed by atoms with van der Waals surface area (Å²) in [6, 6.07) is 0. The van der Waals surface area contributed by atoms with Crippen LogP contribution in [-0.4, -0.2) is 31.8 Å². The largest absolute Gasteiger partial charge is 0.481 e. The number of quaternary nitrogens is 1. The Kier molecular flexibility index (Phi) is 1.67. The first-order chi connectivity index (χ1) is 6.05. The number of nitrogens with zero attached hydrogens (tertiary/aromatic N) is 1. The van der Waals surface area contributed by atoms with Crippen molar-refractivity contribution in [2.45, 2.75) is 13.8 Å². The van der Waals surface area contributed by atoms with Crippen LogP contribution in [0.4, 0.5) is 0 Å². The molecule has 3 heteroatoms. The molecule has 0 aliphatic carbocycles. The zero-order valence-corrected chi connectivity index (χ0v) is 8.68. The van der Waals surface area contributed by atoms with Crippen molar-refractivity contribution in [2.75, 3.05) is 27.3 Å². The van der Waals surface area contributed by atoms with Gasteiger partial charge in [0.2, 0.25) is 11.5 Å². The van der Waals surface area contributed by atoms with Crippen LogP contribution >= 0.6 is 0 Å². The van der Waals surface area contributed by atoms with Crippen LogP contribution in [0.3, 0.4) is 0 Å².